The van der Waals surface area contributed by atoms with E-state index in [4.69, 9.17) is 14.9 Å². The Morgan fingerprint density at radius 1 is 1.38 bits per heavy atom. The van der Waals surface area contributed by atoms with Gasteiger partial charge in [-0.1, -0.05) is 0 Å². The Morgan fingerprint density at radius 3 is 2.62 bits per heavy atom. The summed E-state index contributed by atoms with van der Waals surface area (Å²) in [6.45, 7) is 0. The molecule has 0 saturated heterocycles. The Balaban J connectivity index is 2.63. The van der Waals surface area contributed by atoms with E-state index in [1.165, 1.54) is 31.5 Å². The number of hydrogen-bond donors (Lipinski definition) is 3. The number of nitro groups is 1. The molecule has 0 aliphatic rings. The fourth-order valence-corrected chi connectivity index (χ4v) is 2.23. The monoisotopic (exact) mass is 335 g/mol. The second-order valence-electron chi connectivity index (χ2n) is 4.76. The molecule has 1 aromatic carbocycles. The molecule has 0 aliphatic heterocycles. The fourth-order valence-electron chi connectivity index (χ4n) is 2.23. The number of rotatable bonds is 7. The van der Waals surface area contributed by atoms with Crippen LogP contribution in [0.4, 0.5) is 11.5 Å². The molecule has 0 saturated carbocycles. The van der Waals surface area contributed by atoms with Crippen LogP contribution in [0.25, 0.3) is 10.8 Å². The van der Waals surface area contributed by atoms with Crippen molar-refractivity contribution in [2.75, 3.05) is 12.4 Å². The molecule has 1 aromatic heterocycles. The summed E-state index contributed by atoms with van der Waals surface area (Å²) in [6.07, 6.45) is 0.599. The van der Waals surface area contributed by atoms with Gasteiger partial charge >= 0.3 is 11.9 Å². The first-order chi connectivity index (χ1) is 11.3. The van der Waals surface area contributed by atoms with Crippen molar-refractivity contribution in [3.63, 3.8) is 0 Å². The van der Waals surface area contributed by atoms with E-state index in [1.54, 1.807) is 0 Å². The first-order valence-corrected chi connectivity index (χ1v) is 6.66. The number of carboxylic acid groups (broad SMARTS) is 2. The fraction of sp³-hybridized carbons (Fsp3) is 0.214. The zero-order valence-corrected chi connectivity index (χ0v) is 12.4. The molecule has 0 amide bonds. The number of aliphatic carboxylic acids is 2. The molecule has 10 nitrogen and oxygen atoms in total. The van der Waals surface area contributed by atoms with Crippen molar-refractivity contribution < 1.29 is 29.5 Å². The van der Waals surface area contributed by atoms with Gasteiger partial charge in [0.1, 0.15) is 23.0 Å². The highest BCUT2D eigenvalue weighted by Crippen LogP contribution is 2.36. The highest BCUT2D eigenvalue weighted by molar-refractivity contribution is 6.03. The summed E-state index contributed by atoms with van der Waals surface area (Å²) in [5.74, 6) is -2.51. The molecule has 0 fully saturated rings. The highest BCUT2D eigenvalue weighted by Gasteiger charge is 2.25. The molecular formula is C14H13N3O7. The predicted molar refractivity (Wildman–Crippen MR) is 82.2 cm³/mol. The van der Waals surface area contributed by atoms with E-state index in [0.717, 1.165) is 0 Å². The van der Waals surface area contributed by atoms with E-state index >= 15 is 0 Å². The number of nitro benzene ring substituents is 1. The Hall–Kier alpha value is -3.43. The van der Waals surface area contributed by atoms with Crippen LogP contribution in [0.1, 0.15) is 6.42 Å². The molecule has 1 heterocycles. The molecule has 0 radical (unpaired) electrons. The van der Waals surface area contributed by atoms with Gasteiger partial charge in [0, 0.05) is 17.6 Å². The van der Waals surface area contributed by atoms with Crippen LogP contribution in [0.15, 0.2) is 24.4 Å². The van der Waals surface area contributed by atoms with Crippen LogP contribution in [-0.2, 0) is 9.59 Å². The smallest absolute Gasteiger partial charge is 0.326 e. The molecule has 126 valence electrons. The number of nitrogens with zero attached hydrogens (tertiary/aromatic N) is 2. The molecule has 1 atom stereocenters. The summed E-state index contributed by atoms with van der Waals surface area (Å²) < 4.78 is 5.15. The molecule has 24 heavy (non-hydrogen) atoms. The molecule has 10 heteroatoms. The Kier molecular flexibility index (Phi) is 4.78. The third-order valence-electron chi connectivity index (χ3n) is 3.27. The Morgan fingerprint density at radius 2 is 2.08 bits per heavy atom. The molecule has 0 bridgehead atoms. The minimum atomic E-state index is -1.49. The molecule has 3 N–H and O–H groups in total. The van der Waals surface area contributed by atoms with Crippen LogP contribution in [0.2, 0.25) is 0 Å². The minimum absolute atomic E-state index is 0.0403. The summed E-state index contributed by atoms with van der Waals surface area (Å²) in [4.78, 5) is 36.5. The van der Waals surface area contributed by atoms with E-state index < -0.39 is 29.3 Å². The first kappa shape index (κ1) is 16.9. The van der Waals surface area contributed by atoms with Crippen molar-refractivity contribution in [1.82, 2.24) is 4.98 Å². The van der Waals surface area contributed by atoms with Crippen LogP contribution in [-0.4, -0.2) is 45.2 Å². The van der Waals surface area contributed by atoms with E-state index in [0.29, 0.717) is 11.1 Å². The lowest BCUT2D eigenvalue weighted by Gasteiger charge is -2.15. The lowest BCUT2D eigenvalue weighted by atomic mass is 10.1. The summed E-state index contributed by atoms with van der Waals surface area (Å²) >= 11 is 0. The van der Waals surface area contributed by atoms with Crippen LogP contribution < -0.4 is 10.1 Å². The number of carbonyl (C=O) groups is 2. The number of fused-ring (bicyclic) bond motifs is 1. The largest absolute Gasteiger partial charge is 0.496 e. The molecule has 1 unspecified atom stereocenters. The van der Waals surface area contributed by atoms with Crippen LogP contribution >= 0.6 is 0 Å². The number of benzene rings is 1. The van der Waals surface area contributed by atoms with Crippen molar-refractivity contribution in [2.24, 2.45) is 0 Å². The molecule has 0 aliphatic carbocycles. The van der Waals surface area contributed by atoms with Gasteiger partial charge in [0.15, 0.2) is 0 Å². The Bertz CT molecular complexity index is 821. The number of anilines is 1. The number of non-ortho nitro benzene ring substituents is 1. The molecular weight excluding hydrogens is 322 g/mol. The zero-order valence-electron chi connectivity index (χ0n) is 12.4. The van der Waals surface area contributed by atoms with Crippen molar-refractivity contribution in [3.8, 4) is 5.75 Å². The van der Waals surface area contributed by atoms with Gasteiger partial charge in [-0.2, -0.15) is 0 Å². The van der Waals surface area contributed by atoms with Gasteiger partial charge in [-0.15, -0.1) is 0 Å². The summed E-state index contributed by atoms with van der Waals surface area (Å²) in [5.41, 5.74) is -0.305. The van der Waals surface area contributed by atoms with E-state index in [2.05, 4.69) is 10.3 Å². The average molecular weight is 335 g/mol. The lowest BCUT2D eigenvalue weighted by molar-refractivity contribution is -0.383. The van der Waals surface area contributed by atoms with Gasteiger partial charge in [0.25, 0.3) is 5.69 Å². The summed E-state index contributed by atoms with van der Waals surface area (Å²) in [7, 11) is 1.39. The highest BCUT2D eigenvalue weighted by atomic mass is 16.6. The average Bonchev–Trinajstić information content (AvgIpc) is 2.52. The number of methoxy groups -OCH3 is 1. The number of nitrogens with one attached hydrogen (secondary N) is 1. The van der Waals surface area contributed by atoms with Gasteiger partial charge in [-0.3, -0.25) is 14.9 Å². The van der Waals surface area contributed by atoms with Crippen molar-refractivity contribution in [2.45, 2.75) is 12.5 Å². The second kappa shape index (κ2) is 6.77. The van der Waals surface area contributed by atoms with Crippen molar-refractivity contribution in [1.29, 1.82) is 0 Å². The number of aromatic nitrogens is 1. The maximum absolute atomic E-state index is 11.3. The van der Waals surface area contributed by atoms with Crippen molar-refractivity contribution in [3.05, 3.63) is 34.5 Å². The first-order valence-electron chi connectivity index (χ1n) is 6.66. The van der Waals surface area contributed by atoms with Gasteiger partial charge in [-0.25, -0.2) is 9.78 Å². The minimum Gasteiger partial charge on any atom is -0.496 e. The number of hydrogen-bond acceptors (Lipinski definition) is 7. The van der Waals surface area contributed by atoms with Crippen molar-refractivity contribution >= 4 is 34.2 Å². The maximum Gasteiger partial charge on any atom is 0.326 e. The van der Waals surface area contributed by atoms with Crippen LogP contribution in [0, 0.1) is 10.1 Å². The van der Waals surface area contributed by atoms with Crippen LogP contribution in [0.3, 0.4) is 0 Å². The van der Waals surface area contributed by atoms with Gasteiger partial charge in [0.05, 0.1) is 18.5 Å². The quantitative estimate of drug-likeness (QED) is 0.504. The summed E-state index contributed by atoms with van der Waals surface area (Å²) in [6, 6.07) is 2.61. The Labute approximate surface area is 134 Å². The maximum atomic E-state index is 11.3. The van der Waals surface area contributed by atoms with Gasteiger partial charge < -0.3 is 20.3 Å². The molecule has 0 spiro atoms. The van der Waals surface area contributed by atoms with E-state index in [1.807, 2.05) is 0 Å². The van der Waals surface area contributed by atoms with E-state index in [9.17, 15) is 19.7 Å². The topological polar surface area (TPSA) is 152 Å². The number of ether oxygens (including phenoxy) is 1. The zero-order chi connectivity index (χ0) is 17.9. The predicted octanol–water partition coefficient (Wildman–Crippen LogP) is 1.49. The third kappa shape index (κ3) is 3.32. The second-order valence-corrected chi connectivity index (χ2v) is 4.76. The van der Waals surface area contributed by atoms with Gasteiger partial charge in [-0.05, 0) is 12.1 Å². The standard InChI is InChI=1S/C14H13N3O7/c1-24-10-3-2-9(17(22)23)12-7(10)4-5-15-13(12)16-8(14(20)21)6-11(18)19/h2-5,8H,6H2,1H3,(H,15,16)(H,18,19)(H,20,21). The lowest BCUT2D eigenvalue weighted by Crippen LogP contribution is -2.32. The molecule has 2 aromatic rings. The van der Waals surface area contributed by atoms with E-state index in [-0.39, 0.29) is 16.9 Å². The number of pyridine rings is 1. The van der Waals surface area contributed by atoms with Crippen LogP contribution in [0.5, 0.6) is 5.75 Å². The summed E-state index contributed by atoms with van der Waals surface area (Å²) in [5, 5.41) is 32.0. The third-order valence-corrected chi connectivity index (χ3v) is 3.27. The van der Waals surface area contributed by atoms with Gasteiger partial charge in [0.2, 0.25) is 0 Å². The SMILES string of the molecule is COc1ccc([N+](=O)[O-])c2c(NC(CC(=O)O)C(=O)O)nccc12. The normalized spacial score (nSPS) is 11.7. The molecule has 2 rings (SSSR count). The number of carboxylic acids is 2.